The van der Waals surface area contributed by atoms with Crippen molar-refractivity contribution in [2.75, 3.05) is 19.0 Å². The average Bonchev–Trinajstić information content (AvgIpc) is 2.70. The summed E-state index contributed by atoms with van der Waals surface area (Å²) in [4.78, 5) is 23.0. The lowest BCUT2D eigenvalue weighted by Gasteiger charge is -2.12. The van der Waals surface area contributed by atoms with Crippen LogP contribution in [-0.2, 0) is 15.8 Å². The number of ether oxygens (including phenoxy) is 2. The molecule has 2 rings (SSSR count). The van der Waals surface area contributed by atoms with Crippen LogP contribution in [-0.4, -0.2) is 30.7 Å². The van der Waals surface area contributed by atoms with E-state index in [-0.39, 0.29) is 27.8 Å². The molecule has 0 saturated carbocycles. The number of anilines is 1. The Labute approximate surface area is 179 Å². The lowest BCUT2D eigenvalue weighted by molar-refractivity contribution is -0.139. The van der Waals surface area contributed by atoms with Gasteiger partial charge >= 0.3 is 12.1 Å². The molecule has 0 aliphatic rings. The third-order valence-corrected chi connectivity index (χ3v) is 4.00. The first-order valence-electron chi connectivity index (χ1n) is 8.37. The van der Waals surface area contributed by atoms with Crippen LogP contribution < -0.4 is 14.8 Å². The zero-order chi connectivity index (χ0) is 23.2. The topological polar surface area (TPSA) is 109 Å². The number of methoxy groups -OCH3 is 1. The standard InChI is InChI=1S/C20H14ClF3N2O5/c1-30-16-7-11(6-15(21)18(16)31-10-17(27)28)5-12(9-25)19(29)26-14-4-2-3-13(8-14)20(22,23)24/h2-8H,10H2,1H3,(H,26,29)(H,27,28)/b12-5+. The molecule has 0 heterocycles. The second kappa shape index (κ2) is 9.86. The molecule has 2 N–H and O–H groups in total. The van der Waals surface area contributed by atoms with Crippen molar-refractivity contribution in [3.05, 3.63) is 58.1 Å². The van der Waals surface area contributed by atoms with Crippen molar-refractivity contribution in [1.29, 1.82) is 5.26 Å². The molecule has 11 heteroatoms. The van der Waals surface area contributed by atoms with E-state index >= 15 is 0 Å². The van der Waals surface area contributed by atoms with Gasteiger partial charge in [-0.1, -0.05) is 17.7 Å². The van der Waals surface area contributed by atoms with Gasteiger partial charge in [0, 0.05) is 5.69 Å². The van der Waals surface area contributed by atoms with E-state index in [4.69, 9.17) is 26.2 Å². The highest BCUT2D eigenvalue weighted by molar-refractivity contribution is 6.32. The fraction of sp³-hybridized carbons (Fsp3) is 0.150. The number of hydrogen-bond acceptors (Lipinski definition) is 5. The van der Waals surface area contributed by atoms with Crippen LogP contribution in [0.3, 0.4) is 0 Å². The third-order valence-electron chi connectivity index (χ3n) is 3.72. The van der Waals surface area contributed by atoms with E-state index in [0.717, 1.165) is 24.3 Å². The Balaban J connectivity index is 2.30. The monoisotopic (exact) mass is 454 g/mol. The highest BCUT2D eigenvalue weighted by atomic mass is 35.5. The molecule has 0 aliphatic heterocycles. The minimum atomic E-state index is -4.59. The van der Waals surface area contributed by atoms with Gasteiger partial charge in [-0.15, -0.1) is 0 Å². The largest absolute Gasteiger partial charge is 0.493 e. The van der Waals surface area contributed by atoms with Crippen LogP contribution in [0.2, 0.25) is 5.02 Å². The summed E-state index contributed by atoms with van der Waals surface area (Å²) in [7, 11) is 1.28. The normalized spacial score (nSPS) is 11.4. The van der Waals surface area contributed by atoms with Gasteiger partial charge in [0.2, 0.25) is 0 Å². The summed E-state index contributed by atoms with van der Waals surface area (Å²) >= 11 is 6.08. The van der Waals surface area contributed by atoms with Gasteiger partial charge in [0.15, 0.2) is 18.1 Å². The summed E-state index contributed by atoms with van der Waals surface area (Å²) in [6.45, 7) is -0.673. The number of aliphatic carboxylic acids is 1. The second-order valence-corrected chi connectivity index (χ2v) is 6.33. The first-order valence-corrected chi connectivity index (χ1v) is 8.75. The first-order chi connectivity index (χ1) is 14.5. The molecule has 0 aliphatic carbocycles. The lowest BCUT2D eigenvalue weighted by atomic mass is 10.1. The zero-order valence-corrected chi connectivity index (χ0v) is 16.5. The van der Waals surface area contributed by atoms with Crippen LogP contribution in [0, 0.1) is 11.3 Å². The number of nitrogens with zero attached hydrogens (tertiary/aromatic N) is 1. The predicted molar refractivity (Wildman–Crippen MR) is 105 cm³/mol. The third kappa shape index (κ3) is 6.38. The number of halogens is 4. The minimum Gasteiger partial charge on any atom is -0.493 e. The number of carboxylic acid groups (broad SMARTS) is 1. The van der Waals surface area contributed by atoms with Crippen molar-refractivity contribution in [3.8, 4) is 17.6 Å². The summed E-state index contributed by atoms with van der Waals surface area (Å²) in [6.07, 6.45) is -3.45. The SMILES string of the molecule is COc1cc(/C=C(\C#N)C(=O)Nc2cccc(C(F)(F)F)c2)cc(Cl)c1OCC(=O)O. The molecule has 7 nitrogen and oxygen atoms in total. The molecule has 0 saturated heterocycles. The van der Waals surface area contributed by atoms with Crippen LogP contribution in [0.25, 0.3) is 6.08 Å². The molecule has 1 amide bonds. The molecule has 0 unspecified atom stereocenters. The van der Waals surface area contributed by atoms with E-state index in [0.29, 0.717) is 0 Å². The average molecular weight is 455 g/mol. The number of nitrogens with one attached hydrogen (secondary N) is 1. The van der Waals surface area contributed by atoms with Crippen LogP contribution >= 0.6 is 11.6 Å². The number of carbonyl (C=O) groups excluding carboxylic acids is 1. The molecular formula is C20H14ClF3N2O5. The molecule has 2 aromatic rings. The van der Waals surface area contributed by atoms with Crippen molar-refractivity contribution in [3.63, 3.8) is 0 Å². The Morgan fingerprint density at radius 1 is 1.29 bits per heavy atom. The number of carbonyl (C=O) groups is 2. The molecule has 2 aromatic carbocycles. The summed E-state index contributed by atoms with van der Waals surface area (Å²) in [5, 5.41) is 20.2. The molecule has 31 heavy (non-hydrogen) atoms. The van der Waals surface area contributed by atoms with Gasteiger partial charge in [-0.3, -0.25) is 4.79 Å². The Morgan fingerprint density at radius 3 is 2.58 bits per heavy atom. The number of hydrogen-bond donors (Lipinski definition) is 2. The van der Waals surface area contributed by atoms with E-state index in [2.05, 4.69) is 5.32 Å². The van der Waals surface area contributed by atoms with E-state index in [1.165, 1.54) is 25.3 Å². The van der Waals surface area contributed by atoms with Gasteiger partial charge < -0.3 is 19.9 Å². The molecule has 0 aromatic heterocycles. The maximum atomic E-state index is 12.8. The Bertz CT molecular complexity index is 1080. The van der Waals surface area contributed by atoms with E-state index in [1.807, 2.05) is 0 Å². The molecule has 0 atom stereocenters. The van der Waals surface area contributed by atoms with Crippen LogP contribution in [0.4, 0.5) is 18.9 Å². The molecule has 0 bridgehead atoms. The Kier molecular flexibility index (Phi) is 7.50. The van der Waals surface area contributed by atoms with E-state index in [1.54, 1.807) is 6.07 Å². The van der Waals surface area contributed by atoms with Crippen molar-refractivity contribution >= 4 is 35.2 Å². The maximum Gasteiger partial charge on any atom is 0.416 e. The van der Waals surface area contributed by atoms with Gasteiger partial charge in [-0.05, 0) is 42.0 Å². The molecular weight excluding hydrogens is 441 g/mol. The Morgan fingerprint density at radius 2 is 2.00 bits per heavy atom. The number of alkyl halides is 3. The molecule has 0 fully saturated rings. The highest BCUT2D eigenvalue weighted by Gasteiger charge is 2.30. The smallest absolute Gasteiger partial charge is 0.416 e. The zero-order valence-electron chi connectivity index (χ0n) is 15.8. The van der Waals surface area contributed by atoms with Crippen LogP contribution in [0.15, 0.2) is 42.0 Å². The first kappa shape index (κ1) is 23.6. The van der Waals surface area contributed by atoms with Crippen molar-refractivity contribution < 1.29 is 37.3 Å². The van der Waals surface area contributed by atoms with Crippen molar-refractivity contribution in [2.45, 2.75) is 6.18 Å². The highest BCUT2D eigenvalue weighted by Crippen LogP contribution is 2.37. The number of nitriles is 1. The summed E-state index contributed by atoms with van der Waals surface area (Å²) < 4.78 is 48.6. The van der Waals surface area contributed by atoms with Gasteiger partial charge in [-0.2, -0.15) is 18.4 Å². The second-order valence-electron chi connectivity index (χ2n) is 5.92. The Hall–Kier alpha value is -3.71. The van der Waals surface area contributed by atoms with Gasteiger partial charge in [0.25, 0.3) is 5.91 Å². The molecule has 0 radical (unpaired) electrons. The van der Waals surface area contributed by atoms with E-state index in [9.17, 15) is 28.0 Å². The fourth-order valence-electron chi connectivity index (χ4n) is 2.38. The number of rotatable bonds is 7. The summed E-state index contributed by atoms with van der Waals surface area (Å²) in [5.74, 6) is -2.17. The van der Waals surface area contributed by atoms with Crippen molar-refractivity contribution in [1.82, 2.24) is 0 Å². The number of carboxylic acids is 1. The molecule has 0 spiro atoms. The van der Waals surface area contributed by atoms with Crippen molar-refractivity contribution in [2.24, 2.45) is 0 Å². The van der Waals surface area contributed by atoms with Crippen LogP contribution in [0.5, 0.6) is 11.5 Å². The number of benzene rings is 2. The van der Waals surface area contributed by atoms with Gasteiger partial charge in [0.05, 0.1) is 17.7 Å². The minimum absolute atomic E-state index is 0.0394. The number of amides is 1. The predicted octanol–water partition coefficient (Wildman–Crippen LogP) is 4.38. The summed E-state index contributed by atoms with van der Waals surface area (Å²) in [6, 6.07) is 8.26. The van der Waals surface area contributed by atoms with Crippen LogP contribution in [0.1, 0.15) is 11.1 Å². The quantitative estimate of drug-likeness (QED) is 0.475. The maximum absolute atomic E-state index is 12.8. The summed E-state index contributed by atoms with van der Waals surface area (Å²) in [5.41, 5.74) is -1.29. The fourth-order valence-corrected chi connectivity index (χ4v) is 2.66. The lowest BCUT2D eigenvalue weighted by Crippen LogP contribution is -2.14. The molecule has 162 valence electrons. The van der Waals surface area contributed by atoms with Gasteiger partial charge in [0.1, 0.15) is 11.6 Å². The van der Waals surface area contributed by atoms with E-state index < -0.39 is 35.8 Å². The van der Waals surface area contributed by atoms with Gasteiger partial charge in [-0.25, -0.2) is 4.79 Å².